The van der Waals surface area contributed by atoms with E-state index in [-0.39, 0.29) is 0 Å². The molecule has 1 aliphatic rings. The standard InChI is InChI=1S/C14H31N3/c1-4-8-15-13-14-6-11-17(12-7-14)10-5-9-16(2)3/h14-15H,4-13H2,1-3H3. The van der Waals surface area contributed by atoms with E-state index in [0.717, 1.165) is 5.92 Å². The van der Waals surface area contributed by atoms with Gasteiger partial charge in [0.15, 0.2) is 0 Å². The number of piperidine rings is 1. The highest BCUT2D eigenvalue weighted by Crippen LogP contribution is 2.16. The fraction of sp³-hybridized carbons (Fsp3) is 1.00. The van der Waals surface area contributed by atoms with Crippen LogP contribution < -0.4 is 5.32 Å². The lowest BCUT2D eigenvalue weighted by atomic mass is 9.96. The van der Waals surface area contributed by atoms with E-state index in [9.17, 15) is 0 Å². The molecule has 0 aliphatic carbocycles. The van der Waals surface area contributed by atoms with Crippen LogP contribution in [0.2, 0.25) is 0 Å². The summed E-state index contributed by atoms with van der Waals surface area (Å²) in [6.07, 6.45) is 5.34. The molecule has 3 nitrogen and oxygen atoms in total. The van der Waals surface area contributed by atoms with E-state index in [4.69, 9.17) is 0 Å². The first kappa shape index (κ1) is 14.9. The largest absolute Gasteiger partial charge is 0.316 e. The van der Waals surface area contributed by atoms with Crippen LogP contribution in [0.15, 0.2) is 0 Å². The normalized spacial score (nSPS) is 19.1. The van der Waals surface area contributed by atoms with E-state index < -0.39 is 0 Å². The Hall–Kier alpha value is -0.120. The minimum absolute atomic E-state index is 0.923. The minimum atomic E-state index is 0.923. The molecule has 1 heterocycles. The molecule has 0 saturated carbocycles. The van der Waals surface area contributed by atoms with Gasteiger partial charge in [-0.3, -0.25) is 0 Å². The SMILES string of the molecule is CCCNCC1CCN(CCCN(C)C)CC1. The molecule has 0 aromatic rings. The first-order chi connectivity index (χ1) is 8.22. The van der Waals surface area contributed by atoms with Crippen LogP contribution in [-0.4, -0.2) is 63.2 Å². The van der Waals surface area contributed by atoms with E-state index in [1.54, 1.807) is 0 Å². The fourth-order valence-electron chi connectivity index (χ4n) is 2.51. The molecular formula is C14H31N3. The smallest absolute Gasteiger partial charge is 0.000655 e. The zero-order chi connectivity index (χ0) is 12.5. The molecular weight excluding hydrogens is 210 g/mol. The van der Waals surface area contributed by atoms with Gasteiger partial charge in [0.05, 0.1) is 0 Å². The third-order valence-electron chi connectivity index (χ3n) is 3.65. The Morgan fingerprint density at radius 1 is 1.24 bits per heavy atom. The van der Waals surface area contributed by atoms with Crippen molar-refractivity contribution in [2.75, 3.05) is 53.4 Å². The Kier molecular flexibility index (Phi) is 7.82. The van der Waals surface area contributed by atoms with Crippen molar-refractivity contribution in [3.63, 3.8) is 0 Å². The molecule has 0 aromatic heterocycles. The lowest BCUT2D eigenvalue weighted by Gasteiger charge is -2.32. The molecule has 1 fully saturated rings. The maximum atomic E-state index is 3.55. The van der Waals surface area contributed by atoms with E-state index in [0.29, 0.717) is 0 Å². The summed E-state index contributed by atoms with van der Waals surface area (Å²) in [5, 5.41) is 3.55. The van der Waals surface area contributed by atoms with Crippen LogP contribution in [0.1, 0.15) is 32.6 Å². The van der Waals surface area contributed by atoms with Crippen LogP contribution in [0.5, 0.6) is 0 Å². The van der Waals surface area contributed by atoms with Gasteiger partial charge < -0.3 is 15.1 Å². The summed E-state index contributed by atoms with van der Waals surface area (Å²) in [5.74, 6) is 0.923. The predicted molar refractivity (Wildman–Crippen MR) is 75.5 cm³/mol. The summed E-state index contributed by atoms with van der Waals surface area (Å²) < 4.78 is 0. The highest BCUT2D eigenvalue weighted by atomic mass is 15.1. The van der Waals surface area contributed by atoms with Crippen LogP contribution in [0, 0.1) is 5.92 Å². The Bertz CT molecular complexity index is 174. The van der Waals surface area contributed by atoms with Gasteiger partial charge in [-0.25, -0.2) is 0 Å². The highest BCUT2D eigenvalue weighted by molar-refractivity contribution is 4.73. The number of rotatable bonds is 8. The topological polar surface area (TPSA) is 18.5 Å². The van der Waals surface area contributed by atoms with E-state index in [2.05, 4.69) is 36.1 Å². The molecule has 0 bridgehead atoms. The van der Waals surface area contributed by atoms with Crippen molar-refractivity contribution in [1.29, 1.82) is 0 Å². The minimum Gasteiger partial charge on any atom is -0.316 e. The van der Waals surface area contributed by atoms with Gasteiger partial charge in [-0.2, -0.15) is 0 Å². The first-order valence-electron chi connectivity index (χ1n) is 7.30. The zero-order valence-electron chi connectivity index (χ0n) is 12.0. The molecule has 0 spiro atoms. The number of likely N-dealkylation sites (tertiary alicyclic amines) is 1. The third-order valence-corrected chi connectivity index (χ3v) is 3.65. The molecule has 0 amide bonds. The molecule has 1 rings (SSSR count). The van der Waals surface area contributed by atoms with Crippen molar-refractivity contribution in [1.82, 2.24) is 15.1 Å². The number of hydrogen-bond acceptors (Lipinski definition) is 3. The van der Waals surface area contributed by atoms with Gasteiger partial charge in [0.1, 0.15) is 0 Å². The Morgan fingerprint density at radius 2 is 1.94 bits per heavy atom. The van der Waals surface area contributed by atoms with Crippen LogP contribution in [0.25, 0.3) is 0 Å². The second kappa shape index (κ2) is 8.90. The molecule has 1 saturated heterocycles. The molecule has 1 aliphatic heterocycles. The Morgan fingerprint density at radius 3 is 2.53 bits per heavy atom. The average molecular weight is 241 g/mol. The molecule has 102 valence electrons. The second-order valence-corrected chi connectivity index (χ2v) is 5.65. The highest BCUT2D eigenvalue weighted by Gasteiger charge is 2.18. The van der Waals surface area contributed by atoms with Crippen LogP contribution in [0.3, 0.4) is 0 Å². The molecule has 1 N–H and O–H groups in total. The summed E-state index contributed by atoms with van der Waals surface area (Å²) >= 11 is 0. The Balaban J connectivity index is 2.01. The Labute approximate surface area is 108 Å². The quantitative estimate of drug-likeness (QED) is 0.652. The lowest BCUT2D eigenvalue weighted by molar-refractivity contribution is 0.176. The van der Waals surface area contributed by atoms with Crippen LogP contribution in [0.4, 0.5) is 0 Å². The fourth-order valence-corrected chi connectivity index (χ4v) is 2.51. The summed E-state index contributed by atoms with van der Waals surface area (Å²) in [4.78, 5) is 4.92. The van der Waals surface area contributed by atoms with Gasteiger partial charge in [0.2, 0.25) is 0 Å². The van der Waals surface area contributed by atoms with E-state index in [1.807, 2.05) is 0 Å². The average Bonchev–Trinajstić information content (AvgIpc) is 2.31. The maximum absolute atomic E-state index is 3.55. The lowest BCUT2D eigenvalue weighted by Crippen LogP contribution is -2.38. The molecule has 0 aromatic carbocycles. The van der Waals surface area contributed by atoms with E-state index >= 15 is 0 Å². The van der Waals surface area contributed by atoms with Gasteiger partial charge in [-0.05, 0) is 85.0 Å². The summed E-state index contributed by atoms with van der Waals surface area (Å²) in [6, 6.07) is 0. The zero-order valence-corrected chi connectivity index (χ0v) is 12.0. The van der Waals surface area contributed by atoms with Gasteiger partial charge in [-0.1, -0.05) is 6.92 Å². The number of nitrogens with one attached hydrogen (secondary N) is 1. The monoisotopic (exact) mass is 241 g/mol. The summed E-state index contributed by atoms with van der Waals surface area (Å²) in [7, 11) is 4.32. The van der Waals surface area contributed by atoms with Gasteiger partial charge >= 0.3 is 0 Å². The van der Waals surface area contributed by atoms with Crippen molar-refractivity contribution < 1.29 is 0 Å². The molecule has 0 radical (unpaired) electrons. The molecule has 3 heteroatoms. The van der Waals surface area contributed by atoms with Crippen molar-refractivity contribution in [3.8, 4) is 0 Å². The van der Waals surface area contributed by atoms with Gasteiger partial charge in [0, 0.05) is 0 Å². The maximum Gasteiger partial charge on any atom is -0.000655 e. The molecule has 17 heavy (non-hydrogen) atoms. The van der Waals surface area contributed by atoms with Crippen molar-refractivity contribution >= 4 is 0 Å². The van der Waals surface area contributed by atoms with Crippen molar-refractivity contribution in [2.24, 2.45) is 5.92 Å². The van der Waals surface area contributed by atoms with Crippen LogP contribution in [-0.2, 0) is 0 Å². The van der Waals surface area contributed by atoms with Gasteiger partial charge in [0.25, 0.3) is 0 Å². The second-order valence-electron chi connectivity index (χ2n) is 5.65. The number of nitrogens with zero attached hydrogens (tertiary/aromatic N) is 2. The number of hydrogen-bond donors (Lipinski definition) is 1. The van der Waals surface area contributed by atoms with Crippen molar-refractivity contribution in [2.45, 2.75) is 32.6 Å². The van der Waals surface area contributed by atoms with Crippen molar-refractivity contribution in [3.05, 3.63) is 0 Å². The molecule has 0 atom stereocenters. The summed E-state index contributed by atoms with van der Waals surface area (Å²) in [5.41, 5.74) is 0. The van der Waals surface area contributed by atoms with Gasteiger partial charge in [-0.15, -0.1) is 0 Å². The van der Waals surface area contributed by atoms with E-state index in [1.165, 1.54) is 65.0 Å². The predicted octanol–water partition coefficient (Wildman–Crippen LogP) is 1.65. The van der Waals surface area contributed by atoms with Crippen LogP contribution >= 0.6 is 0 Å². The summed E-state index contributed by atoms with van der Waals surface area (Å²) in [6.45, 7) is 9.78. The first-order valence-corrected chi connectivity index (χ1v) is 7.30. The molecule has 0 unspecified atom stereocenters. The third kappa shape index (κ3) is 7.02.